The SMILES string of the molecule is Cc1nc(C2(NC(=O)c3ccc4c(c3)NC(=O)C(C)S4)CCCC2)no1. The molecule has 26 heavy (non-hydrogen) atoms. The van der Waals surface area contributed by atoms with Gasteiger partial charge in [0.15, 0.2) is 5.82 Å². The molecule has 2 amide bonds. The van der Waals surface area contributed by atoms with Gasteiger partial charge in [-0.25, -0.2) is 0 Å². The molecule has 2 aromatic rings. The Balaban J connectivity index is 1.60. The quantitative estimate of drug-likeness (QED) is 0.860. The number of thioether (sulfide) groups is 1. The van der Waals surface area contributed by atoms with Gasteiger partial charge in [-0.3, -0.25) is 9.59 Å². The van der Waals surface area contributed by atoms with Crippen molar-refractivity contribution in [1.82, 2.24) is 15.5 Å². The number of hydrogen-bond donors (Lipinski definition) is 2. The fourth-order valence-electron chi connectivity index (χ4n) is 3.52. The minimum absolute atomic E-state index is 0.0467. The van der Waals surface area contributed by atoms with Crippen LogP contribution >= 0.6 is 11.8 Å². The summed E-state index contributed by atoms with van der Waals surface area (Å²) in [5.41, 5.74) is 0.601. The van der Waals surface area contributed by atoms with Crippen molar-refractivity contribution >= 4 is 29.3 Å². The molecule has 1 aromatic carbocycles. The van der Waals surface area contributed by atoms with Gasteiger partial charge in [-0.15, -0.1) is 11.8 Å². The zero-order valence-electron chi connectivity index (χ0n) is 14.7. The molecule has 1 unspecified atom stereocenters. The molecule has 8 heteroatoms. The molecule has 1 aromatic heterocycles. The van der Waals surface area contributed by atoms with Crippen LogP contribution in [0.5, 0.6) is 0 Å². The lowest BCUT2D eigenvalue weighted by atomic mass is 9.95. The first-order valence-corrected chi connectivity index (χ1v) is 9.60. The highest BCUT2D eigenvalue weighted by atomic mass is 32.2. The first-order valence-electron chi connectivity index (χ1n) is 8.72. The standard InChI is InChI=1S/C18H20N4O3S/c1-10-15(23)20-13-9-12(5-6-14(13)26-10)16(24)21-18(7-3-4-8-18)17-19-11(2)25-22-17/h5-6,9-10H,3-4,7-8H2,1-2H3,(H,20,23)(H,21,24). The van der Waals surface area contributed by atoms with Crippen LogP contribution in [0.15, 0.2) is 27.6 Å². The number of nitrogens with one attached hydrogen (secondary N) is 2. The van der Waals surface area contributed by atoms with Gasteiger partial charge in [0.05, 0.1) is 10.9 Å². The second-order valence-electron chi connectivity index (χ2n) is 6.84. The Kier molecular flexibility index (Phi) is 4.22. The van der Waals surface area contributed by atoms with Crippen molar-refractivity contribution in [3.8, 4) is 0 Å². The molecular weight excluding hydrogens is 352 g/mol. The fourth-order valence-corrected chi connectivity index (χ4v) is 4.45. The molecule has 136 valence electrons. The van der Waals surface area contributed by atoms with Gasteiger partial charge in [-0.2, -0.15) is 4.98 Å². The van der Waals surface area contributed by atoms with E-state index < -0.39 is 5.54 Å². The summed E-state index contributed by atoms with van der Waals surface area (Å²) in [5.74, 6) is 0.782. The molecule has 2 aliphatic rings. The Hall–Kier alpha value is -2.35. The lowest BCUT2D eigenvalue weighted by Gasteiger charge is -2.27. The summed E-state index contributed by atoms with van der Waals surface area (Å²) in [6.45, 7) is 3.60. The molecule has 0 radical (unpaired) electrons. The average molecular weight is 372 g/mol. The third-order valence-corrected chi connectivity index (χ3v) is 6.12. The molecule has 1 aliphatic heterocycles. The zero-order chi connectivity index (χ0) is 18.3. The third-order valence-electron chi connectivity index (χ3n) is 4.94. The second-order valence-corrected chi connectivity index (χ2v) is 8.22. The number of aromatic nitrogens is 2. The molecule has 1 fully saturated rings. The van der Waals surface area contributed by atoms with Crippen molar-refractivity contribution in [3.05, 3.63) is 35.5 Å². The summed E-state index contributed by atoms with van der Waals surface area (Å²) >= 11 is 1.50. The van der Waals surface area contributed by atoms with E-state index in [1.165, 1.54) is 11.8 Å². The van der Waals surface area contributed by atoms with Crippen molar-refractivity contribution in [2.45, 2.75) is 55.2 Å². The smallest absolute Gasteiger partial charge is 0.252 e. The maximum absolute atomic E-state index is 12.9. The van der Waals surface area contributed by atoms with Crippen molar-refractivity contribution in [3.63, 3.8) is 0 Å². The van der Waals surface area contributed by atoms with E-state index in [4.69, 9.17) is 4.52 Å². The van der Waals surface area contributed by atoms with Crippen LogP contribution in [0, 0.1) is 6.92 Å². The van der Waals surface area contributed by atoms with E-state index in [0.717, 1.165) is 30.6 Å². The third kappa shape index (κ3) is 2.98. The van der Waals surface area contributed by atoms with Crippen LogP contribution in [-0.2, 0) is 10.3 Å². The van der Waals surface area contributed by atoms with E-state index in [1.807, 2.05) is 13.0 Å². The number of aryl methyl sites for hydroxylation is 1. The largest absolute Gasteiger partial charge is 0.340 e. The lowest BCUT2D eigenvalue weighted by molar-refractivity contribution is -0.115. The van der Waals surface area contributed by atoms with E-state index in [-0.39, 0.29) is 17.1 Å². The van der Waals surface area contributed by atoms with Crippen LogP contribution in [0.1, 0.15) is 54.7 Å². The van der Waals surface area contributed by atoms with Crippen LogP contribution in [0.25, 0.3) is 0 Å². The van der Waals surface area contributed by atoms with E-state index in [1.54, 1.807) is 19.1 Å². The molecule has 0 spiro atoms. The molecule has 0 bridgehead atoms. The van der Waals surface area contributed by atoms with Crippen LogP contribution in [-0.4, -0.2) is 27.2 Å². The molecule has 1 atom stereocenters. The van der Waals surface area contributed by atoms with Gasteiger partial charge in [0.2, 0.25) is 11.8 Å². The number of nitrogens with zero attached hydrogens (tertiary/aromatic N) is 2. The highest BCUT2D eigenvalue weighted by molar-refractivity contribution is 8.00. The maximum Gasteiger partial charge on any atom is 0.252 e. The number of carbonyl (C=O) groups excluding carboxylic acids is 2. The number of benzene rings is 1. The Morgan fingerprint density at radius 3 is 2.85 bits per heavy atom. The summed E-state index contributed by atoms with van der Waals surface area (Å²) in [6, 6.07) is 5.39. The highest BCUT2D eigenvalue weighted by Crippen LogP contribution is 2.39. The van der Waals surface area contributed by atoms with Crippen LogP contribution in [0.3, 0.4) is 0 Å². The average Bonchev–Trinajstić information content (AvgIpc) is 3.25. The predicted molar refractivity (Wildman–Crippen MR) is 97.0 cm³/mol. The zero-order valence-corrected chi connectivity index (χ0v) is 15.5. The maximum atomic E-state index is 12.9. The van der Waals surface area contributed by atoms with E-state index in [0.29, 0.717) is 23.0 Å². The summed E-state index contributed by atoms with van der Waals surface area (Å²) < 4.78 is 5.12. The summed E-state index contributed by atoms with van der Waals surface area (Å²) in [6.07, 6.45) is 3.57. The van der Waals surface area contributed by atoms with Crippen LogP contribution in [0.2, 0.25) is 0 Å². The van der Waals surface area contributed by atoms with Crippen LogP contribution in [0.4, 0.5) is 5.69 Å². The molecule has 7 nitrogen and oxygen atoms in total. The Morgan fingerprint density at radius 2 is 2.15 bits per heavy atom. The van der Waals surface area contributed by atoms with Gasteiger partial charge in [0.25, 0.3) is 5.91 Å². The second kappa shape index (κ2) is 6.42. The summed E-state index contributed by atoms with van der Waals surface area (Å²) in [4.78, 5) is 30.1. The summed E-state index contributed by atoms with van der Waals surface area (Å²) in [7, 11) is 0. The topological polar surface area (TPSA) is 97.1 Å². The minimum Gasteiger partial charge on any atom is -0.340 e. The fraction of sp³-hybridized carbons (Fsp3) is 0.444. The molecule has 1 aliphatic carbocycles. The molecule has 1 saturated carbocycles. The number of carbonyl (C=O) groups is 2. The number of hydrogen-bond acceptors (Lipinski definition) is 6. The van der Waals surface area contributed by atoms with E-state index in [9.17, 15) is 9.59 Å². The normalized spacial score (nSPS) is 21.2. The van der Waals surface area contributed by atoms with Crippen molar-refractivity contribution in [2.75, 3.05) is 5.32 Å². The number of fused-ring (bicyclic) bond motifs is 1. The summed E-state index contributed by atoms with van der Waals surface area (Å²) in [5, 5.41) is 9.90. The number of amides is 2. The Morgan fingerprint density at radius 1 is 1.38 bits per heavy atom. The first-order chi connectivity index (χ1) is 12.5. The monoisotopic (exact) mass is 372 g/mol. The van der Waals surface area contributed by atoms with Crippen molar-refractivity contribution in [1.29, 1.82) is 0 Å². The first kappa shape index (κ1) is 17.1. The van der Waals surface area contributed by atoms with Gasteiger partial charge < -0.3 is 15.2 Å². The van der Waals surface area contributed by atoms with E-state index >= 15 is 0 Å². The Bertz CT molecular complexity index is 873. The number of rotatable bonds is 3. The lowest BCUT2D eigenvalue weighted by Crippen LogP contribution is -2.44. The van der Waals surface area contributed by atoms with Crippen molar-refractivity contribution in [2.24, 2.45) is 0 Å². The van der Waals surface area contributed by atoms with Crippen molar-refractivity contribution < 1.29 is 14.1 Å². The molecule has 0 saturated heterocycles. The molecule has 4 rings (SSSR count). The van der Waals surface area contributed by atoms with Gasteiger partial charge in [-0.1, -0.05) is 18.0 Å². The van der Waals surface area contributed by atoms with Gasteiger partial charge in [0.1, 0.15) is 5.54 Å². The van der Waals surface area contributed by atoms with Gasteiger partial charge >= 0.3 is 0 Å². The molecular formula is C18H20N4O3S. The van der Waals surface area contributed by atoms with E-state index in [2.05, 4.69) is 20.8 Å². The number of anilines is 1. The minimum atomic E-state index is -0.586. The van der Waals surface area contributed by atoms with Gasteiger partial charge in [-0.05, 0) is 38.0 Å². The van der Waals surface area contributed by atoms with Crippen LogP contribution < -0.4 is 10.6 Å². The molecule has 2 N–H and O–H groups in total. The predicted octanol–water partition coefficient (Wildman–Crippen LogP) is 3.01. The Labute approximate surface area is 155 Å². The molecule has 2 heterocycles. The highest BCUT2D eigenvalue weighted by Gasteiger charge is 2.41. The van der Waals surface area contributed by atoms with Gasteiger partial charge in [0, 0.05) is 17.4 Å².